The van der Waals surface area contributed by atoms with Crippen LogP contribution in [0.2, 0.25) is 0 Å². The smallest absolute Gasteiger partial charge is 0.284 e. The first-order valence-corrected chi connectivity index (χ1v) is 11.6. The molecule has 8 heteroatoms. The Morgan fingerprint density at radius 3 is 2.08 bits per heavy atom. The molecule has 0 unspecified atom stereocenters. The molecule has 0 radical (unpaired) electrons. The zero-order valence-electron chi connectivity index (χ0n) is 19.8. The van der Waals surface area contributed by atoms with Crippen molar-refractivity contribution in [2.24, 2.45) is 20.5 Å². The van der Waals surface area contributed by atoms with E-state index in [1.165, 1.54) is 4.40 Å². The highest BCUT2D eigenvalue weighted by molar-refractivity contribution is 5.99. The van der Waals surface area contributed by atoms with Crippen LogP contribution >= 0.6 is 0 Å². The molecule has 6 aromatic rings. The van der Waals surface area contributed by atoms with Crippen molar-refractivity contribution in [2.75, 3.05) is 0 Å². The lowest BCUT2D eigenvalue weighted by Crippen LogP contribution is -2.14. The number of para-hydroxylation sites is 2. The molecule has 176 valence electrons. The Morgan fingerprint density at radius 1 is 0.757 bits per heavy atom. The lowest BCUT2D eigenvalue weighted by Gasteiger charge is -2.06. The maximum atomic E-state index is 13.5. The van der Waals surface area contributed by atoms with E-state index in [0.29, 0.717) is 33.7 Å². The zero-order chi connectivity index (χ0) is 25.4. The Hall–Kier alpha value is -5.42. The van der Waals surface area contributed by atoms with E-state index in [2.05, 4.69) is 31.5 Å². The van der Waals surface area contributed by atoms with Crippen LogP contribution in [0.25, 0.3) is 27.5 Å². The fraction of sp³-hybridized carbons (Fsp3) is 0.0345. The zero-order valence-corrected chi connectivity index (χ0v) is 19.8. The van der Waals surface area contributed by atoms with Gasteiger partial charge >= 0.3 is 0 Å². The number of aromatic amines is 1. The van der Waals surface area contributed by atoms with Crippen molar-refractivity contribution in [1.29, 1.82) is 5.26 Å². The van der Waals surface area contributed by atoms with E-state index in [9.17, 15) is 10.1 Å². The van der Waals surface area contributed by atoms with Crippen molar-refractivity contribution in [2.45, 2.75) is 6.92 Å². The second-order valence-corrected chi connectivity index (χ2v) is 8.48. The third-order valence-corrected chi connectivity index (χ3v) is 6.27. The van der Waals surface area contributed by atoms with Gasteiger partial charge in [0.15, 0.2) is 5.69 Å². The summed E-state index contributed by atoms with van der Waals surface area (Å²) in [5.41, 5.74) is 4.52. The maximum Gasteiger partial charge on any atom is 0.284 e. The minimum absolute atomic E-state index is 0.121. The predicted octanol–water partition coefficient (Wildman–Crippen LogP) is 7.94. The fourth-order valence-electron chi connectivity index (χ4n) is 4.43. The molecule has 37 heavy (non-hydrogen) atoms. The van der Waals surface area contributed by atoms with Crippen LogP contribution in [0.15, 0.2) is 116 Å². The van der Waals surface area contributed by atoms with Crippen LogP contribution < -0.4 is 5.56 Å². The molecule has 4 aromatic carbocycles. The number of benzene rings is 4. The van der Waals surface area contributed by atoms with Crippen molar-refractivity contribution >= 4 is 50.2 Å². The molecule has 0 amide bonds. The first kappa shape index (κ1) is 22.1. The average molecular weight is 482 g/mol. The molecule has 0 atom stereocenters. The van der Waals surface area contributed by atoms with Crippen LogP contribution in [0.4, 0.5) is 22.7 Å². The summed E-state index contributed by atoms with van der Waals surface area (Å²) in [5.74, 6) is 0. The van der Waals surface area contributed by atoms with E-state index >= 15 is 0 Å². The van der Waals surface area contributed by atoms with Gasteiger partial charge in [-0.1, -0.05) is 54.6 Å². The molecule has 0 aliphatic carbocycles. The summed E-state index contributed by atoms with van der Waals surface area (Å²) in [4.78, 5) is 16.7. The van der Waals surface area contributed by atoms with Gasteiger partial charge < -0.3 is 4.98 Å². The molecule has 0 aliphatic heterocycles. The van der Waals surface area contributed by atoms with E-state index in [4.69, 9.17) is 0 Å². The van der Waals surface area contributed by atoms with Gasteiger partial charge in [-0.2, -0.15) is 10.4 Å². The highest BCUT2D eigenvalue weighted by atomic mass is 16.1. The van der Waals surface area contributed by atoms with Gasteiger partial charge in [-0.3, -0.25) is 9.20 Å². The largest absolute Gasteiger partial charge is 0.338 e. The number of H-pyrrole nitrogens is 1. The van der Waals surface area contributed by atoms with Gasteiger partial charge in [0.1, 0.15) is 11.7 Å². The second kappa shape index (κ2) is 8.98. The Balaban J connectivity index is 1.48. The number of hydrogen-bond acceptors (Lipinski definition) is 6. The van der Waals surface area contributed by atoms with E-state index in [0.717, 1.165) is 22.0 Å². The number of fused-ring (bicyclic) bond motifs is 4. The molecule has 0 saturated carbocycles. The number of nitrogens with one attached hydrogen (secondary N) is 1. The number of nitrogens with zero attached hydrogens (tertiary/aromatic N) is 6. The standard InChI is InChI=1S/C29H19N7O/c1-18-22(17-30)28-31-25-13-7-8-14-26(25)36(28)29(37)27(18)35-34-24-16-15-23(20-11-5-6-12-21(20)24)33-32-19-9-3-2-4-10-19/h2-16,31H,1H3. The Bertz CT molecular complexity index is 1980. The van der Waals surface area contributed by atoms with E-state index < -0.39 is 0 Å². The van der Waals surface area contributed by atoms with Crippen molar-refractivity contribution < 1.29 is 0 Å². The van der Waals surface area contributed by atoms with Gasteiger partial charge in [0.25, 0.3) is 5.56 Å². The van der Waals surface area contributed by atoms with Crippen molar-refractivity contribution in [3.8, 4) is 6.07 Å². The minimum Gasteiger partial charge on any atom is -0.338 e. The molecule has 2 aromatic heterocycles. The third kappa shape index (κ3) is 3.75. The molecule has 0 aliphatic rings. The summed E-state index contributed by atoms with van der Waals surface area (Å²) >= 11 is 0. The molecular weight excluding hydrogens is 462 g/mol. The quantitative estimate of drug-likeness (QED) is 0.258. The first-order valence-electron chi connectivity index (χ1n) is 11.6. The van der Waals surface area contributed by atoms with Gasteiger partial charge in [-0.05, 0) is 43.3 Å². The van der Waals surface area contributed by atoms with E-state index in [-0.39, 0.29) is 11.2 Å². The summed E-state index contributed by atoms with van der Waals surface area (Å²) in [6, 6.07) is 30.5. The number of nitriles is 1. The Morgan fingerprint density at radius 2 is 1.38 bits per heavy atom. The lowest BCUT2D eigenvalue weighted by atomic mass is 10.1. The highest BCUT2D eigenvalue weighted by Crippen LogP contribution is 2.35. The maximum absolute atomic E-state index is 13.5. The Kier molecular flexibility index (Phi) is 5.36. The first-order chi connectivity index (χ1) is 18.2. The number of azo groups is 2. The highest BCUT2D eigenvalue weighted by Gasteiger charge is 2.18. The van der Waals surface area contributed by atoms with Crippen molar-refractivity contribution in [1.82, 2.24) is 9.38 Å². The second-order valence-electron chi connectivity index (χ2n) is 8.48. The lowest BCUT2D eigenvalue weighted by molar-refractivity contribution is 1.08. The third-order valence-electron chi connectivity index (χ3n) is 6.27. The van der Waals surface area contributed by atoms with Crippen LogP contribution in [-0.2, 0) is 0 Å². The normalized spacial score (nSPS) is 11.8. The van der Waals surface area contributed by atoms with Gasteiger partial charge in [0.05, 0.1) is 33.7 Å². The summed E-state index contributed by atoms with van der Waals surface area (Å²) in [6.07, 6.45) is 0. The van der Waals surface area contributed by atoms with Crippen LogP contribution in [0, 0.1) is 18.3 Å². The number of hydrogen-bond donors (Lipinski definition) is 1. The summed E-state index contributed by atoms with van der Waals surface area (Å²) in [6.45, 7) is 1.71. The Labute approximate surface area is 210 Å². The molecule has 8 nitrogen and oxygen atoms in total. The van der Waals surface area contributed by atoms with Gasteiger partial charge in [-0.15, -0.1) is 15.3 Å². The SMILES string of the molecule is Cc1c(N=Nc2ccc(N=Nc3ccccc3)c3ccccc23)c(=O)n2c([nH]c3ccccc32)c1C#N. The fourth-order valence-corrected chi connectivity index (χ4v) is 4.43. The minimum atomic E-state index is -0.342. The summed E-state index contributed by atoms with van der Waals surface area (Å²) in [7, 11) is 0. The van der Waals surface area contributed by atoms with Crippen LogP contribution in [-0.4, -0.2) is 9.38 Å². The van der Waals surface area contributed by atoms with Crippen LogP contribution in [0.1, 0.15) is 11.1 Å². The monoisotopic (exact) mass is 481 g/mol. The van der Waals surface area contributed by atoms with Crippen molar-refractivity contribution in [3.63, 3.8) is 0 Å². The molecule has 0 bridgehead atoms. The molecule has 2 heterocycles. The average Bonchev–Trinajstić information content (AvgIpc) is 3.32. The van der Waals surface area contributed by atoms with Gasteiger partial charge in [0.2, 0.25) is 0 Å². The van der Waals surface area contributed by atoms with Gasteiger partial charge in [0, 0.05) is 16.3 Å². The topological polar surface area (TPSA) is 110 Å². The summed E-state index contributed by atoms with van der Waals surface area (Å²) < 4.78 is 1.49. The number of rotatable bonds is 4. The molecule has 0 fully saturated rings. The van der Waals surface area contributed by atoms with Crippen molar-refractivity contribution in [3.05, 3.63) is 112 Å². The molecular formula is C29H19N7O. The van der Waals surface area contributed by atoms with Gasteiger partial charge in [-0.25, -0.2) is 0 Å². The molecule has 6 rings (SSSR count). The molecule has 0 saturated heterocycles. The summed E-state index contributed by atoms with van der Waals surface area (Å²) in [5, 5.41) is 29.1. The van der Waals surface area contributed by atoms with E-state index in [1.807, 2.05) is 84.9 Å². The number of aromatic nitrogens is 2. The predicted molar refractivity (Wildman–Crippen MR) is 144 cm³/mol. The number of imidazole rings is 1. The van der Waals surface area contributed by atoms with Crippen LogP contribution in [0.5, 0.6) is 0 Å². The van der Waals surface area contributed by atoms with E-state index in [1.54, 1.807) is 13.0 Å². The molecule has 1 N–H and O–H groups in total. The molecule has 0 spiro atoms. The number of pyridine rings is 1. The van der Waals surface area contributed by atoms with Crippen LogP contribution in [0.3, 0.4) is 0 Å².